The van der Waals surface area contributed by atoms with Gasteiger partial charge in [-0.25, -0.2) is 0 Å². The van der Waals surface area contributed by atoms with E-state index in [0.717, 1.165) is 13.0 Å². The van der Waals surface area contributed by atoms with Gasteiger partial charge in [-0.15, -0.1) is 0 Å². The van der Waals surface area contributed by atoms with E-state index in [-0.39, 0.29) is 0 Å². The SMILES string of the molecule is COC(C)C1CCCCN1CCCO. The fourth-order valence-electron chi connectivity index (χ4n) is 2.26. The second-order valence-corrected chi connectivity index (χ2v) is 4.12. The second-order valence-electron chi connectivity index (χ2n) is 4.12. The minimum Gasteiger partial charge on any atom is -0.396 e. The van der Waals surface area contributed by atoms with Crippen LogP contribution in [0.2, 0.25) is 0 Å². The van der Waals surface area contributed by atoms with Crippen molar-refractivity contribution in [3.8, 4) is 0 Å². The first-order valence-electron chi connectivity index (χ1n) is 5.67. The largest absolute Gasteiger partial charge is 0.396 e. The molecule has 1 heterocycles. The Morgan fingerprint density at radius 1 is 1.50 bits per heavy atom. The third-order valence-corrected chi connectivity index (χ3v) is 3.18. The Morgan fingerprint density at radius 2 is 2.29 bits per heavy atom. The van der Waals surface area contributed by atoms with E-state index >= 15 is 0 Å². The first-order chi connectivity index (χ1) is 6.79. The van der Waals surface area contributed by atoms with Crippen molar-refractivity contribution in [2.24, 2.45) is 0 Å². The summed E-state index contributed by atoms with van der Waals surface area (Å²) in [7, 11) is 1.78. The number of likely N-dealkylation sites (tertiary alicyclic amines) is 1. The molecule has 0 radical (unpaired) electrons. The van der Waals surface area contributed by atoms with Gasteiger partial charge in [0.05, 0.1) is 6.10 Å². The van der Waals surface area contributed by atoms with Gasteiger partial charge in [0.25, 0.3) is 0 Å². The minimum atomic E-state index is 0.296. The molecule has 1 rings (SSSR count). The standard InChI is InChI=1S/C11H23NO2/c1-10(14-2)11-6-3-4-7-12(11)8-5-9-13/h10-11,13H,3-9H2,1-2H3. The molecule has 0 amide bonds. The maximum Gasteiger partial charge on any atom is 0.0698 e. The highest BCUT2D eigenvalue weighted by molar-refractivity contribution is 4.81. The molecular formula is C11H23NO2. The van der Waals surface area contributed by atoms with Crippen molar-refractivity contribution in [2.45, 2.75) is 44.8 Å². The van der Waals surface area contributed by atoms with Gasteiger partial charge in [0, 0.05) is 26.3 Å². The van der Waals surface area contributed by atoms with Crippen LogP contribution in [0.4, 0.5) is 0 Å². The van der Waals surface area contributed by atoms with Gasteiger partial charge in [0.1, 0.15) is 0 Å². The average Bonchev–Trinajstić information content (AvgIpc) is 2.25. The van der Waals surface area contributed by atoms with Crippen LogP contribution in [-0.2, 0) is 4.74 Å². The molecule has 3 nitrogen and oxygen atoms in total. The number of piperidine rings is 1. The van der Waals surface area contributed by atoms with E-state index < -0.39 is 0 Å². The molecule has 0 aromatic carbocycles. The highest BCUT2D eigenvalue weighted by Gasteiger charge is 2.26. The zero-order valence-corrected chi connectivity index (χ0v) is 9.41. The Balaban J connectivity index is 2.41. The third kappa shape index (κ3) is 3.23. The van der Waals surface area contributed by atoms with E-state index in [1.54, 1.807) is 7.11 Å². The molecule has 0 bridgehead atoms. The summed E-state index contributed by atoms with van der Waals surface area (Å²) in [4.78, 5) is 2.47. The fraction of sp³-hybridized carbons (Fsp3) is 1.00. The predicted molar refractivity (Wildman–Crippen MR) is 57.4 cm³/mol. The van der Waals surface area contributed by atoms with Gasteiger partial charge in [0.2, 0.25) is 0 Å². The molecule has 1 fully saturated rings. The van der Waals surface area contributed by atoms with Gasteiger partial charge in [-0.1, -0.05) is 6.42 Å². The summed E-state index contributed by atoms with van der Waals surface area (Å²) in [5, 5.41) is 8.82. The smallest absolute Gasteiger partial charge is 0.0698 e. The number of ether oxygens (including phenoxy) is 1. The number of aliphatic hydroxyl groups excluding tert-OH is 1. The zero-order valence-electron chi connectivity index (χ0n) is 9.41. The molecule has 0 aliphatic carbocycles. The lowest BCUT2D eigenvalue weighted by molar-refractivity contribution is 0.00502. The zero-order chi connectivity index (χ0) is 10.4. The third-order valence-electron chi connectivity index (χ3n) is 3.18. The topological polar surface area (TPSA) is 32.7 Å². The molecule has 0 aromatic heterocycles. The number of hydrogen-bond acceptors (Lipinski definition) is 3. The summed E-state index contributed by atoms with van der Waals surface area (Å²) in [5.41, 5.74) is 0. The molecule has 3 heteroatoms. The first kappa shape index (κ1) is 12.0. The maximum absolute atomic E-state index is 8.82. The summed E-state index contributed by atoms with van der Waals surface area (Å²) >= 11 is 0. The van der Waals surface area contributed by atoms with Crippen molar-refractivity contribution >= 4 is 0 Å². The number of methoxy groups -OCH3 is 1. The van der Waals surface area contributed by atoms with Crippen LogP contribution < -0.4 is 0 Å². The van der Waals surface area contributed by atoms with Gasteiger partial charge >= 0.3 is 0 Å². The molecule has 1 saturated heterocycles. The first-order valence-corrected chi connectivity index (χ1v) is 5.67. The summed E-state index contributed by atoms with van der Waals surface area (Å²) < 4.78 is 5.40. The van der Waals surface area contributed by atoms with Gasteiger partial charge in [-0.2, -0.15) is 0 Å². The van der Waals surface area contributed by atoms with Crippen LogP contribution in [0.1, 0.15) is 32.6 Å². The minimum absolute atomic E-state index is 0.296. The molecule has 2 unspecified atom stereocenters. The van der Waals surface area contributed by atoms with Crippen LogP contribution in [0.3, 0.4) is 0 Å². The molecule has 1 aliphatic heterocycles. The van der Waals surface area contributed by atoms with Gasteiger partial charge in [-0.05, 0) is 32.7 Å². The molecule has 14 heavy (non-hydrogen) atoms. The number of nitrogens with zero attached hydrogens (tertiary/aromatic N) is 1. The lowest BCUT2D eigenvalue weighted by Gasteiger charge is -2.38. The van der Waals surface area contributed by atoms with E-state index in [2.05, 4.69) is 11.8 Å². The van der Waals surface area contributed by atoms with E-state index in [1.165, 1.54) is 25.8 Å². The Kier molecular flexibility index (Phi) is 5.45. The van der Waals surface area contributed by atoms with Crippen LogP contribution in [0.15, 0.2) is 0 Å². The second kappa shape index (κ2) is 6.38. The lowest BCUT2D eigenvalue weighted by atomic mass is 9.98. The van der Waals surface area contributed by atoms with E-state index in [4.69, 9.17) is 9.84 Å². The molecule has 1 aliphatic rings. The summed E-state index contributed by atoms with van der Waals surface area (Å²) in [6.07, 6.45) is 5.04. The fourth-order valence-corrected chi connectivity index (χ4v) is 2.26. The van der Waals surface area contributed by atoms with Crippen LogP contribution in [-0.4, -0.2) is 49.0 Å². The van der Waals surface area contributed by atoms with E-state index in [0.29, 0.717) is 18.8 Å². The Bertz CT molecular complexity index is 152. The number of rotatable bonds is 5. The van der Waals surface area contributed by atoms with Crippen molar-refractivity contribution in [2.75, 3.05) is 26.8 Å². The summed E-state index contributed by atoms with van der Waals surface area (Å²) in [5.74, 6) is 0. The lowest BCUT2D eigenvalue weighted by Crippen LogP contribution is -2.46. The Hall–Kier alpha value is -0.120. The van der Waals surface area contributed by atoms with Gasteiger partial charge in [0.15, 0.2) is 0 Å². The van der Waals surface area contributed by atoms with Crippen LogP contribution in [0.5, 0.6) is 0 Å². The maximum atomic E-state index is 8.82. The van der Waals surface area contributed by atoms with Crippen molar-refractivity contribution in [3.63, 3.8) is 0 Å². The van der Waals surface area contributed by atoms with Crippen molar-refractivity contribution in [3.05, 3.63) is 0 Å². The summed E-state index contributed by atoms with van der Waals surface area (Å²) in [6, 6.07) is 0.556. The van der Waals surface area contributed by atoms with Crippen molar-refractivity contribution in [1.82, 2.24) is 4.90 Å². The van der Waals surface area contributed by atoms with Gasteiger partial charge in [-0.3, -0.25) is 4.90 Å². The predicted octanol–water partition coefficient (Wildman–Crippen LogP) is 1.26. The molecule has 0 spiro atoms. The van der Waals surface area contributed by atoms with Crippen molar-refractivity contribution in [1.29, 1.82) is 0 Å². The Labute approximate surface area is 87.1 Å². The van der Waals surface area contributed by atoms with Gasteiger partial charge < -0.3 is 9.84 Å². The normalized spacial score (nSPS) is 26.4. The van der Waals surface area contributed by atoms with E-state index in [9.17, 15) is 0 Å². The molecular weight excluding hydrogens is 178 g/mol. The molecule has 1 N–H and O–H groups in total. The quantitative estimate of drug-likeness (QED) is 0.727. The van der Waals surface area contributed by atoms with Crippen LogP contribution in [0.25, 0.3) is 0 Å². The highest BCUT2D eigenvalue weighted by Crippen LogP contribution is 2.21. The van der Waals surface area contributed by atoms with Crippen LogP contribution >= 0.6 is 0 Å². The Morgan fingerprint density at radius 3 is 2.93 bits per heavy atom. The molecule has 0 aromatic rings. The van der Waals surface area contributed by atoms with Crippen LogP contribution in [0, 0.1) is 0 Å². The number of hydrogen-bond donors (Lipinski definition) is 1. The number of aliphatic hydroxyl groups is 1. The van der Waals surface area contributed by atoms with E-state index in [1.807, 2.05) is 0 Å². The average molecular weight is 201 g/mol. The molecule has 2 atom stereocenters. The highest BCUT2D eigenvalue weighted by atomic mass is 16.5. The summed E-state index contributed by atoms with van der Waals surface area (Å²) in [6.45, 7) is 4.61. The molecule has 0 saturated carbocycles. The molecule has 84 valence electrons. The van der Waals surface area contributed by atoms with Crippen molar-refractivity contribution < 1.29 is 9.84 Å². The monoisotopic (exact) mass is 201 g/mol.